The van der Waals surface area contributed by atoms with Crippen molar-refractivity contribution in [3.05, 3.63) is 23.0 Å². The topological polar surface area (TPSA) is 52.7 Å². The highest BCUT2D eigenvalue weighted by atomic mass is 32.2. The average molecular weight is 294 g/mol. The van der Waals surface area contributed by atoms with E-state index in [2.05, 4.69) is 23.5 Å². The summed E-state index contributed by atoms with van der Waals surface area (Å²) in [4.78, 5) is 21.5. The standard InChI is InChI=1S/C12H14N4OS2/c1-4-5-18-11-13-9-8(15(11)3)10(17)16-6-7(2)19-12(16)14-9/h4,7H,1,5-6H2,2-3H3. The Morgan fingerprint density at radius 3 is 3.11 bits per heavy atom. The van der Waals surface area contributed by atoms with Crippen LogP contribution in [0.4, 0.5) is 0 Å². The maximum Gasteiger partial charge on any atom is 0.280 e. The van der Waals surface area contributed by atoms with Crippen molar-refractivity contribution in [2.45, 2.75) is 29.0 Å². The van der Waals surface area contributed by atoms with Crippen LogP contribution in [0.25, 0.3) is 11.2 Å². The Balaban J connectivity index is 2.19. The van der Waals surface area contributed by atoms with Crippen LogP contribution >= 0.6 is 23.5 Å². The molecule has 0 fully saturated rings. The summed E-state index contributed by atoms with van der Waals surface area (Å²) in [5.74, 6) is 0.768. The van der Waals surface area contributed by atoms with Gasteiger partial charge in [-0.3, -0.25) is 9.36 Å². The van der Waals surface area contributed by atoms with Gasteiger partial charge in [0.05, 0.1) is 0 Å². The molecular weight excluding hydrogens is 280 g/mol. The molecule has 0 bridgehead atoms. The molecule has 0 N–H and O–H groups in total. The first-order chi connectivity index (χ1) is 9.11. The fraction of sp³-hybridized carbons (Fsp3) is 0.417. The number of aromatic nitrogens is 4. The van der Waals surface area contributed by atoms with E-state index in [1.54, 1.807) is 28.1 Å². The molecule has 100 valence electrons. The lowest BCUT2D eigenvalue weighted by Gasteiger charge is -2.02. The lowest BCUT2D eigenvalue weighted by atomic mass is 10.4. The number of fused-ring (bicyclic) bond motifs is 2. The van der Waals surface area contributed by atoms with Crippen LogP contribution < -0.4 is 5.56 Å². The van der Waals surface area contributed by atoms with Gasteiger partial charge in [-0.25, -0.2) is 9.97 Å². The van der Waals surface area contributed by atoms with Crippen molar-refractivity contribution in [3.8, 4) is 0 Å². The van der Waals surface area contributed by atoms with Crippen molar-refractivity contribution in [1.82, 2.24) is 19.1 Å². The van der Waals surface area contributed by atoms with Crippen LogP contribution in [0.15, 0.2) is 27.8 Å². The van der Waals surface area contributed by atoms with Crippen LogP contribution in [0.1, 0.15) is 6.92 Å². The van der Waals surface area contributed by atoms with E-state index in [1.165, 1.54) is 0 Å². The Hall–Kier alpha value is -1.21. The van der Waals surface area contributed by atoms with Crippen LogP contribution in [-0.4, -0.2) is 30.1 Å². The van der Waals surface area contributed by atoms with E-state index < -0.39 is 0 Å². The molecule has 3 rings (SSSR count). The number of hydrogen-bond acceptors (Lipinski definition) is 5. The highest BCUT2D eigenvalue weighted by Gasteiger charge is 2.25. The predicted molar refractivity (Wildman–Crippen MR) is 79.0 cm³/mol. The fourth-order valence-electron chi connectivity index (χ4n) is 2.13. The maximum atomic E-state index is 12.5. The first-order valence-electron chi connectivity index (χ1n) is 5.99. The van der Waals surface area contributed by atoms with Crippen molar-refractivity contribution in [2.75, 3.05) is 5.75 Å². The molecule has 3 heterocycles. The maximum absolute atomic E-state index is 12.5. The van der Waals surface area contributed by atoms with Crippen LogP contribution in [0.2, 0.25) is 0 Å². The Kier molecular flexibility index (Phi) is 3.18. The number of hydrogen-bond donors (Lipinski definition) is 0. The van der Waals surface area contributed by atoms with E-state index in [0.717, 1.165) is 22.6 Å². The van der Waals surface area contributed by atoms with Gasteiger partial charge in [0.15, 0.2) is 21.5 Å². The summed E-state index contributed by atoms with van der Waals surface area (Å²) in [6.45, 7) is 6.52. The molecule has 0 aliphatic carbocycles. The summed E-state index contributed by atoms with van der Waals surface area (Å²) in [5.41, 5.74) is 1.15. The molecule has 1 aliphatic heterocycles. The van der Waals surface area contributed by atoms with Crippen molar-refractivity contribution >= 4 is 34.7 Å². The molecule has 0 amide bonds. The molecule has 5 nitrogen and oxygen atoms in total. The van der Waals surface area contributed by atoms with Gasteiger partial charge < -0.3 is 4.57 Å². The molecule has 7 heteroatoms. The van der Waals surface area contributed by atoms with Crippen LogP contribution in [0, 0.1) is 0 Å². The Bertz CT molecular complexity index is 719. The first kappa shape index (κ1) is 12.8. The van der Waals surface area contributed by atoms with Crippen LogP contribution in [-0.2, 0) is 13.6 Å². The van der Waals surface area contributed by atoms with Gasteiger partial charge in [-0.2, -0.15) is 0 Å². The largest absolute Gasteiger partial charge is 0.316 e. The summed E-state index contributed by atoms with van der Waals surface area (Å²) in [6.07, 6.45) is 1.82. The van der Waals surface area contributed by atoms with Gasteiger partial charge in [-0.15, -0.1) is 6.58 Å². The van der Waals surface area contributed by atoms with Crippen molar-refractivity contribution in [1.29, 1.82) is 0 Å². The second-order valence-corrected chi connectivity index (χ2v) is 6.86. The van der Waals surface area contributed by atoms with Gasteiger partial charge in [0.2, 0.25) is 0 Å². The van der Waals surface area contributed by atoms with Gasteiger partial charge in [0.1, 0.15) is 0 Å². The van der Waals surface area contributed by atoms with Gasteiger partial charge >= 0.3 is 0 Å². The second-order valence-electron chi connectivity index (χ2n) is 4.46. The lowest BCUT2D eigenvalue weighted by molar-refractivity contribution is 0.625. The summed E-state index contributed by atoms with van der Waals surface area (Å²) < 4.78 is 3.58. The Labute approximate surface area is 119 Å². The molecule has 19 heavy (non-hydrogen) atoms. The number of nitrogens with zero attached hydrogens (tertiary/aromatic N) is 4. The second kappa shape index (κ2) is 4.72. The van der Waals surface area contributed by atoms with E-state index in [4.69, 9.17) is 0 Å². The highest BCUT2D eigenvalue weighted by molar-refractivity contribution is 8.00. The SMILES string of the molecule is C=CCSc1nc2nc3n(c(=O)c2n1C)CC(C)S3. The highest BCUT2D eigenvalue weighted by Crippen LogP contribution is 2.30. The first-order valence-corrected chi connectivity index (χ1v) is 7.86. The zero-order chi connectivity index (χ0) is 13.6. The minimum atomic E-state index is 0.0114. The van der Waals surface area contributed by atoms with Gasteiger partial charge in [-0.05, 0) is 0 Å². The van der Waals surface area contributed by atoms with E-state index in [-0.39, 0.29) is 5.56 Å². The number of aryl methyl sites for hydroxylation is 1. The van der Waals surface area contributed by atoms with E-state index in [0.29, 0.717) is 16.4 Å². The number of thioether (sulfide) groups is 2. The number of imidazole rings is 1. The molecule has 0 radical (unpaired) electrons. The molecule has 1 aliphatic rings. The zero-order valence-corrected chi connectivity index (χ0v) is 12.4. The molecule has 2 aromatic rings. The summed E-state index contributed by atoms with van der Waals surface area (Å²) >= 11 is 3.19. The minimum Gasteiger partial charge on any atom is -0.316 e. The van der Waals surface area contributed by atoms with E-state index in [1.807, 2.05) is 17.7 Å². The molecule has 1 unspecified atom stereocenters. The van der Waals surface area contributed by atoms with Crippen molar-refractivity contribution < 1.29 is 0 Å². The average Bonchev–Trinajstić information content (AvgIpc) is 2.88. The van der Waals surface area contributed by atoms with E-state index in [9.17, 15) is 4.79 Å². The molecule has 0 saturated carbocycles. The van der Waals surface area contributed by atoms with Gasteiger partial charge in [0, 0.05) is 24.6 Å². The third kappa shape index (κ3) is 2.01. The fourth-order valence-corrected chi connectivity index (χ4v) is 3.84. The van der Waals surface area contributed by atoms with Gasteiger partial charge in [-0.1, -0.05) is 36.5 Å². The van der Waals surface area contributed by atoms with Gasteiger partial charge in [0.25, 0.3) is 5.56 Å². The van der Waals surface area contributed by atoms with E-state index >= 15 is 0 Å². The zero-order valence-electron chi connectivity index (χ0n) is 10.8. The third-order valence-electron chi connectivity index (χ3n) is 2.99. The smallest absolute Gasteiger partial charge is 0.280 e. The normalized spacial score (nSPS) is 17.9. The Morgan fingerprint density at radius 2 is 2.37 bits per heavy atom. The van der Waals surface area contributed by atoms with Crippen LogP contribution in [0.3, 0.4) is 0 Å². The van der Waals surface area contributed by atoms with Crippen molar-refractivity contribution in [3.63, 3.8) is 0 Å². The predicted octanol–water partition coefficient (Wildman–Crippen LogP) is 1.90. The van der Waals surface area contributed by atoms with Crippen molar-refractivity contribution in [2.24, 2.45) is 7.05 Å². The Morgan fingerprint density at radius 1 is 1.58 bits per heavy atom. The molecule has 0 aromatic carbocycles. The quantitative estimate of drug-likeness (QED) is 0.492. The third-order valence-corrected chi connectivity index (χ3v) is 5.09. The summed E-state index contributed by atoms with van der Waals surface area (Å²) in [5, 5.41) is 1.98. The lowest BCUT2D eigenvalue weighted by Crippen LogP contribution is -2.22. The molecule has 2 aromatic heterocycles. The number of rotatable bonds is 3. The molecule has 0 spiro atoms. The van der Waals surface area contributed by atoms with Crippen LogP contribution in [0.5, 0.6) is 0 Å². The summed E-state index contributed by atoms with van der Waals surface area (Å²) in [7, 11) is 1.86. The minimum absolute atomic E-state index is 0.0114. The summed E-state index contributed by atoms with van der Waals surface area (Å²) in [6, 6.07) is 0. The molecular formula is C12H14N4OS2. The monoisotopic (exact) mass is 294 g/mol. The molecule has 0 saturated heterocycles. The molecule has 1 atom stereocenters.